The van der Waals surface area contributed by atoms with Gasteiger partial charge in [-0.2, -0.15) is 0 Å². The Morgan fingerprint density at radius 3 is 2.68 bits per heavy atom. The van der Waals surface area contributed by atoms with Crippen molar-refractivity contribution in [2.45, 2.75) is 25.0 Å². The molecule has 1 aromatic carbocycles. The first-order valence-corrected chi connectivity index (χ1v) is 9.99. The van der Waals surface area contributed by atoms with Crippen LogP contribution in [0.4, 0.5) is 5.69 Å². The first-order chi connectivity index (χ1) is 13.4. The number of amides is 1. The normalized spacial score (nSPS) is 26.0. The van der Waals surface area contributed by atoms with Crippen molar-refractivity contribution >= 4 is 29.0 Å². The number of anilines is 1. The smallest absolute Gasteiger partial charge is 0.283 e. The molecule has 1 atom stereocenters. The van der Waals surface area contributed by atoms with E-state index in [1.807, 2.05) is 29.6 Å². The maximum Gasteiger partial charge on any atom is 0.283 e. The van der Waals surface area contributed by atoms with Crippen LogP contribution in [0.15, 0.2) is 40.7 Å². The third-order valence-electron chi connectivity index (χ3n) is 6.16. The van der Waals surface area contributed by atoms with E-state index in [-0.39, 0.29) is 11.9 Å². The van der Waals surface area contributed by atoms with E-state index >= 15 is 0 Å². The van der Waals surface area contributed by atoms with Crippen molar-refractivity contribution in [3.8, 4) is 5.75 Å². The van der Waals surface area contributed by atoms with Crippen molar-refractivity contribution in [1.82, 2.24) is 0 Å². The lowest BCUT2D eigenvalue weighted by Gasteiger charge is -2.61. The summed E-state index contributed by atoms with van der Waals surface area (Å²) < 4.78 is 17.6. The number of carbonyl (C=O) groups is 1. The van der Waals surface area contributed by atoms with Crippen LogP contribution in [0.5, 0.6) is 5.75 Å². The van der Waals surface area contributed by atoms with Crippen molar-refractivity contribution in [2.75, 3.05) is 25.1 Å². The van der Waals surface area contributed by atoms with Gasteiger partial charge in [0.25, 0.3) is 11.9 Å². The average Bonchev–Trinajstić information content (AvgIpc) is 3.25. The van der Waals surface area contributed by atoms with Gasteiger partial charge in [0.05, 0.1) is 23.5 Å². The summed E-state index contributed by atoms with van der Waals surface area (Å²) in [6, 6.07) is 9.45. The lowest BCUT2D eigenvalue weighted by atomic mass is 9.55. The van der Waals surface area contributed by atoms with Gasteiger partial charge in [-0.15, -0.1) is 11.3 Å². The molecule has 0 saturated carbocycles. The maximum absolute atomic E-state index is 12.5. The van der Waals surface area contributed by atoms with Crippen molar-refractivity contribution in [3.63, 3.8) is 0 Å². The molecule has 2 spiro atoms. The van der Waals surface area contributed by atoms with Crippen LogP contribution < -0.4 is 15.8 Å². The molecule has 0 bridgehead atoms. The predicted molar refractivity (Wildman–Crippen MR) is 106 cm³/mol. The van der Waals surface area contributed by atoms with Crippen molar-refractivity contribution in [2.24, 2.45) is 16.1 Å². The van der Waals surface area contributed by atoms with Gasteiger partial charge in [0.15, 0.2) is 0 Å². The van der Waals surface area contributed by atoms with Gasteiger partial charge in [-0.25, -0.2) is 4.99 Å². The molecule has 5 rings (SSSR count). The largest absolute Gasteiger partial charge is 0.487 e. The molecule has 3 aliphatic heterocycles. The summed E-state index contributed by atoms with van der Waals surface area (Å²) in [6.07, 6.45) is 0. The minimum Gasteiger partial charge on any atom is -0.487 e. The van der Waals surface area contributed by atoms with Gasteiger partial charge in [0.2, 0.25) is 0 Å². The topological polar surface area (TPSA) is 95.2 Å². The van der Waals surface area contributed by atoms with Crippen LogP contribution in [0.25, 0.3) is 0 Å². The Bertz CT molecular complexity index is 981. The molecular weight excluding hydrogens is 378 g/mol. The zero-order chi connectivity index (χ0) is 19.6. The molecule has 1 aromatic heterocycles. The van der Waals surface area contributed by atoms with Crippen molar-refractivity contribution in [3.05, 3.63) is 46.2 Å². The molecule has 4 heterocycles. The Labute approximate surface area is 166 Å². The van der Waals surface area contributed by atoms with Crippen LogP contribution in [0.1, 0.15) is 29.1 Å². The fraction of sp³-hybridized carbons (Fsp3) is 0.400. The number of aliphatic imine (C=N–C) groups is 1. The van der Waals surface area contributed by atoms with Gasteiger partial charge in [-0.1, -0.05) is 6.07 Å². The number of thiophene rings is 1. The molecule has 0 radical (unpaired) electrons. The number of nitrogens with one attached hydrogen (secondary N) is 1. The van der Waals surface area contributed by atoms with E-state index in [1.54, 1.807) is 6.07 Å². The fourth-order valence-electron chi connectivity index (χ4n) is 4.46. The average molecular weight is 399 g/mol. The van der Waals surface area contributed by atoms with E-state index in [9.17, 15) is 4.79 Å². The van der Waals surface area contributed by atoms with E-state index < -0.39 is 16.6 Å². The number of ether oxygens (including phenoxy) is 3. The van der Waals surface area contributed by atoms with E-state index in [1.165, 1.54) is 11.3 Å². The Morgan fingerprint density at radius 2 is 2.07 bits per heavy atom. The van der Waals surface area contributed by atoms with Crippen LogP contribution >= 0.6 is 11.3 Å². The zero-order valence-electron chi connectivity index (χ0n) is 15.7. The summed E-state index contributed by atoms with van der Waals surface area (Å²) in [4.78, 5) is 17.9. The van der Waals surface area contributed by atoms with E-state index in [2.05, 4.69) is 19.2 Å². The second-order valence-electron chi connectivity index (χ2n) is 7.93. The van der Waals surface area contributed by atoms with Gasteiger partial charge in [-0.05, 0) is 43.5 Å². The van der Waals surface area contributed by atoms with Crippen LogP contribution in [-0.2, 0) is 15.0 Å². The Hall–Kier alpha value is -2.58. The molecule has 28 heavy (non-hydrogen) atoms. The monoisotopic (exact) mass is 399 g/mol. The molecule has 1 unspecified atom stereocenters. The summed E-state index contributed by atoms with van der Waals surface area (Å²) in [6.45, 7) is 5.44. The molecule has 1 amide bonds. The molecule has 8 heteroatoms. The first kappa shape index (κ1) is 17.5. The van der Waals surface area contributed by atoms with Gasteiger partial charge in [0.1, 0.15) is 23.5 Å². The van der Waals surface area contributed by atoms with Crippen LogP contribution in [-0.4, -0.2) is 37.4 Å². The molecular formula is C20H21N3O4S. The third-order valence-corrected chi connectivity index (χ3v) is 7.03. The van der Waals surface area contributed by atoms with Gasteiger partial charge in [-0.3, -0.25) is 4.79 Å². The first-order valence-electron chi connectivity index (χ1n) is 9.11. The summed E-state index contributed by atoms with van der Waals surface area (Å²) in [5.41, 5.74) is 5.86. The number of benzene rings is 1. The highest BCUT2D eigenvalue weighted by Crippen LogP contribution is 2.62. The predicted octanol–water partition coefficient (Wildman–Crippen LogP) is 2.73. The lowest BCUT2D eigenvalue weighted by molar-refractivity contribution is -0.247. The molecule has 3 N–H and O–H groups in total. The third kappa shape index (κ3) is 2.18. The highest BCUT2D eigenvalue weighted by atomic mass is 32.1. The number of amidine groups is 1. The minimum absolute atomic E-state index is 0.145. The van der Waals surface area contributed by atoms with Crippen LogP contribution in [0.3, 0.4) is 0 Å². The zero-order valence-corrected chi connectivity index (χ0v) is 16.5. The number of carbonyl (C=O) groups excluding carboxylic acids is 1. The lowest BCUT2D eigenvalue weighted by Crippen LogP contribution is -2.71. The Morgan fingerprint density at radius 1 is 1.25 bits per heavy atom. The Balaban J connectivity index is 1.61. The summed E-state index contributed by atoms with van der Waals surface area (Å²) in [7, 11) is 0. The second-order valence-corrected chi connectivity index (χ2v) is 8.88. The van der Waals surface area contributed by atoms with Gasteiger partial charge >= 0.3 is 0 Å². The quantitative estimate of drug-likeness (QED) is 0.810. The number of hydrogen-bond acceptors (Lipinski definition) is 7. The van der Waals surface area contributed by atoms with Crippen LogP contribution in [0.2, 0.25) is 0 Å². The summed E-state index contributed by atoms with van der Waals surface area (Å²) in [5.74, 6) is 0.576. The maximum atomic E-state index is 12.5. The highest BCUT2D eigenvalue weighted by Gasteiger charge is 2.71. The molecule has 1 saturated heterocycles. The SMILES string of the molecule is CC1(C)Oc2ccc(NC(=O)c3cccs3)cc2C2(COC(N)=N2)C12COC2. The van der Waals surface area contributed by atoms with E-state index in [4.69, 9.17) is 24.9 Å². The number of rotatable bonds is 2. The van der Waals surface area contributed by atoms with Gasteiger partial charge < -0.3 is 25.3 Å². The molecule has 1 fully saturated rings. The van der Waals surface area contributed by atoms with Crippen molar-refractivity contribution in [1.29, 1.82) is 0 Å². The molecule has 146 valence electrons. The number of hydrogen-bond donors (Lipinski definition) is 2. The standard InChI is InChI=1S/C20H21N3O4S/c1-18(2)19(9-25-10-19)20(11-26-17(21)23-20)13-8-12(5-6-14(13)27-18)22-16(24)15-4-3-7-28-15/h3-8H,9-11H2,1-2H3,(H2,21,23)(H,22,24). The number of nitrogens with zero attached hydrogens (tertiary/aromatic N) is 1. The highest BCUT2D eigenvalue weighted by molar-refractivity contribution is 7.12. The second kappa shape index (κ2) is 5.71. The Kier molecular flexibility index (Phi) is 3.57. The van der Waals surface area contributed by atoms with Gasteiger partial charge in [0, 0.05) is 11.3 Å². The summed E-state index contributed by atoms with van der Waals surface area (Å²) >= 11 is 1.40. The van der Waals surface area contributed by atoms with Crippen LogP contribution in [0, 0.1) is 5.41 Å². The molecule has 3 aliphatic rings. The number of fused-ring (bicyclic) bond motifs is 3. The number of nitrogens with two attached hydrogens (primary N) is 1. The van der Waals surface area contributed by atoms with Crippen molar-refractivity contribution < 1.29 is 19.0 Å². The fourth-order valence-corrected chi connectivity index (χ4v) is 5.07. The molecule has 2 aromatic rings. The minimum atomic E-state index is -0.712. The molecule has 7 nitrogen and oxygen atoms in total. The summed E-state index contributed by atoms with van der Waals surface area (Å²) in [5, 5.41) is 4.84. The molecule has 0 aliphatic carbocycles. The van der Waals surface area contributed by atoms with E-state index in [0.29, 0.717) is 30.4 Å². The van der Waals surface area contributed by atoms with E-state index in [0.717, 1.165) is 11.3 Å².